The van der Waals surface area contributed by atoms with Crippen molar-refractivity contribution in [3.8, 4) is 0 Å². The first-order valence-corrected chi connectivity index (χ1v) is 13.5. The first-order valence-electron chi connectivity index (χ1n) is 13.5. The van der Waals surface area contributed by atoms with Crippen molar-refractivity contribution in [1.29, 1.82) is 0 Å². The van der Waals surface area contributed by atoms with Gasteiger partial charge in [0, 0.05) is 19.6 Å². The number of carbonyl (C=O) groups is 1. The Morgan fingerprint density at radius 2 is 1.70 bits per heavy atom. The zero-order valence-corrected chi connectivity index (χ0v) is 22.3. The summed E-state index contributed by atoms with van der Waals surface area (Å²) >= 11 is 0. The van der Waals surface area contributed by atoms with Gasteiger partial charge in [0.2, 0.25) is 0 Å². The summed E-state index contributed by atoms with van der Waals surface area (Å²) in [4.78, 5) is 13.9. The molecule has 0 amide bonds. The number of carboxylic acid groups (broad SMARTS) is 1. The molecule has 2 aliphatic rings. The standard InChI is InChI=1S/C33H31F4NO2/c1-21-16-26(11-13-30(21)33(35,36)37)28-5-2-4-25-18-27(32(39)40)10-12-29(25)31(28)24-8-6-22(7-9-24)17-23-19-38(20-23)15-3-14-34/h6-13,16-18H,2-5,14-15,19-20H2,1H3,(H,39,40). The van der Waals surface area contributed by atoms with E-state index in [1.807, 2.05) is 30.3 Å². The Balaban J connectivity index is 1.56. The second-order valence-corrected chi connectivity index (χ2v) is 10.6. The third-order valence-electron chi connectivity index (χ3n) is 7.71. The summed E-state index contributed by atoms with van der Waals surface area (Å²) in [6.07, 6.45) is 0.345. The Bertz CT molecular complexity index is 1480. The van der Waals surface area contributed by atoms with Crippen molar-refractivity contribution in [2.45, 2.75) is 38.8 Å². The van der Waals surface area contributed by atoms with Gasteiger partial charge in [0.05, 0.1) is 17.8 Å². The van der Waals surface area contributed by atoms with Gasteiger partial charge in [-0.3, -0.25) is 9.29 Å². The normalized spacial score (nSPS) is 15.9. The van der Waals surface area contributed by atoms with Crippen molar-refractivity contribution in [2.75, 3.05) is 26.3 Å². The van der Waals surface area contributed by atoms with Crippen LogP contribution in [0, 0.1) is 6.92 Å². The molecular formula is C33H31F4NO2. The van der Waals surface area contributed by atoms with Crippen molar-refractivity contribution >= 4 is 23.2 Å². The third kappa shape index (κ3) is 5.89. The van der Waals surface area contributed by atoms with Crippen molar-refractivity contribution in [3.05, 3.63) is 111 Å². The number of carboxylic acids is 1. The van der Waals surface area contributed by atoms with Gasteiger partial charge in [-0.25, -0.2) is 4.79 Å². The van der Waals surface area contributed by atoms with E-state index in [-0.39, 0.29) is 17.8 Å². The fraction of sp³-hybridized carbons (Fsp3) is 0.303. The highest BCUT2D eigenvalue weighted by molar-refractivity contribution is 6.01. The van der Waals surface area contributed by atoms with E-state index in [0.29, 0.717) is 19.3 Å². The quantitative estimate of drug-likeness (QED) is 0.303. The Labute approximate surface area is 231 Å². The van der Waals surface area contributed by atoms with E-state index in [1.165, 1.54) is 12.5 Å². The number of allylic oxidation sites excluding steroid dienone is 1. The maximum Gasteiger partial charge on any atom is 0.416 e. The van der Waals surface area contributed by atoms with E-state index >= 15 is 0 Å². The predicted molar refractivity (Wildman–Crippen MR) is 150 cm³/mol. The van der Waals surface area contributed by atoms with Crippen molar-refractivity contribution in [1.82, 2.24) is 4.90 Å². The topological polar surface area (TPSA) is 40.5 Å². The van der Waals surface area contributed by atoms with E-state index in [1.54, 1.807) is 24.3 Å². The summed E-state index contributed by atoms with van der Waals surface area (Å²) in [6, 6.07) is 17.6. The average molecular weight is 550 g/mol. The minimum atomic E-state index is -4.42. The number of hydrogen-bond donors (Lipinski definition) is 1. The number of nitrogens with zero attached hydrogens (tertiary/aromatic N) is 1. The maximum absolute atomic E-state index is 13.5. The number of halogens is 4. The zero-order chi connectivity index (χ0) is 28.4. The lowest BCUT2D eigenvalue weighted by Crippen LogP contribution is -2.40. The molecule has 208 valence electrons. The van der Waals surface area contributed by atoms with Gasteiger partial charge in [0.25, 0.3) is 0 Å². The molecule has 7 heteroatoms. The molecule has 0 spiro atoms. The van der Waals surface area contributed by atoms with Gasteiger partial charge in [-0.2, -0.15) is 13.2 Å². The zero-order valence-electron chi connectivity index (χ0n) is 22.3. The Morgan fingerprint density at radius 1 is 0.975 bits per heavy atom. The molecule has 3 aromatic carbocycles. The van der Waals surface area contributed by atoms with Crippen LogP contribution in [0.2, 0.25) is 0 Å². The van der Waals surface area contributed by atoms with Crippen LogP contribution in [0.1, 0.15) is 68.6 Å². The summed E-state index contributed by atoms with van der Waals surface area (Å²) in [5, 5.41) is 9.55. The highest BCUT2D eigenvalue weighted by atomic mass is 19.4. The number of benzene rings is 3. The molecule has 0 saturated carbocycles. The predicted octanol–water partition coefficient (Wildman–Crippen LogP) is 8.07. The fourth-order valence-electron chi connectivity index (χ4n) is 5.75. The maximum atomic E-state index is 13.5. The lowest BCUT2D eigenvalue weighted by molar-refractivity contribution is -0.138. The van der Waals surface area contributed by atoms with E-state index < -0.39 is 17.7 Å². The molecular weight excluding hydrogens is 518 g/mol. The molecule has 0 bridgehead atoms. The molecule has 3 aromatic rings. The highest BCUT2D eigenvalue weighted by Crippen LogP contribution is 2.42. The van der Waals surface area contributed by atoms with Gasteiger partial charge in [-0.15, -0.1) is 0 Å². The van der Waals surface area contributed by atoms with Gasteiger partial charge in [0.15, 0.2) is 0 Å². The van der Waals surface area contributed by atoms with E-state index in [9.17, 15) is 27.5 Å². The largest absolute Gasteiger partial charge is 0.478 e. The van der Waals surface area contributed by atoms with Gasteiger partial charge < -0.3 is 5.11 Å². The molecule has 40 heavy (non-hydrogen) atoms. The van der Waals surface area contributed by atoms with Crippen LogP contribution in [0.4, 0.5) is 17.6 Å². The van der Waals surface area contributed by atoms with Gasteiger partial charge >= 0.3 is 12.1 Å². The molecule has 1 heterocycles. The second kappa shape index (κ2) is 11.4. The number of fused-ring (bicyclic) bond motifs is 1. The highest BCUT2D eigenvalue weighted by Gasteiger charge is 2.32. The Kier molecular flexibility index (Phi) is 7.95. The van der Waals surface area contributed by atoms with Crippen LogP contribution in [-0.2, 0) is 12.6 Å². The molecule has 0 aromatic heterocycles. The van der Waals surface area contributed by atoms with E-state index in [4.69, 9.17) is 0 Å². The van der Waals surface area contributed by atoms with Crippen molar-refractivity contribution < 1.29 is 27.5 Å². The van der Waals surface area contributed by atoms with Crippen LogP contribution < -0.4 is 0 Å². The van der Waals surface area contributed by atoms with Crippen molar-refractivity contribution in [3.63, 3.8) is 0 Å². The summed E-state index contributed by atoms with van der Waals surface area (Å²) < 4.78 is 52.9. The number of alkyl halides is 4. The van der Waals surface area contributed by atoms with Crippen LogP contribution in [0.3, 0.4) is 0 Å². The molecule has 1 aliphatic heterocycles. The van der Waals surface area contributed by atoms with Crippen LogP contribution in [0.25, 0.3) is 17.2 Å². The lowest BCUT2D eigenvalue weighted by Gasteiger charge is -2.33. The molecule has 5 rings (SSSR count). The molecule has 1 fully saturated rings. The third-order valence-corrected chi connectivity index (χ3v) is 7.71. The number of rotatable bonds is 7. The van der Waals surface area contributed by atoms with E-state index in [0.717, 1.165) is 71.1 Å². The molecule has 3 nitrogen and oxygen atoms in total. The minimum Gasteiger partial charge on any atom is -0.478 e. The number of aromatic carboxylic acids is 1. The number of hydrogen-bond acceptors (Lipinski definition) is 2. The summed E-state index contributed by atoms with van der Waals surface area (Å²) in [6.45, 7) is 3.61. The smallest absolute Gasteiger partial charge is 0.416 e. The first kappa shape index (κ1) is 27.8. The molecule has 0 unspecified atom stereocenters. The summed E-state index contributed by atoms with van der Waals surface area (Å²) in [7, 11) is 0. The van der Waals surface area contributed by atoms with E-state index in [2.05, 4.69) is 11.0 Å². The molecule has 0 radical (unpaired) electrons. The molecule has 1 saturated heterocycles. The monoisotopic (exact) mass is 549 g/mol. The molecule has 1 N–H and O–H groups in total. The van der Waals surface area contributed by atoms with Crippen LogP contribution in [0.5, 0.6) is 0 Å². The Morgan fingerprint density at radius 3 is 2.35 bits per heavy atom. The minimum absolute atomic E-state index is 0.172. The van der Waals surface area contributed by atoms with Crippen LogP contribution in [0.15, 0.2) is 66.2 Å². The average Bonchev–Trinajstić information content (AvgIpc) is 3.08. The SMILES string of the molecule is Cc1cc(C2=C(c3ccc(C=C4CN(CCCF)C4)cc3)c3ccc(C(=O)O)cc3CCC2)ccc1C(F)(F)F. The molecule has 0 atom stereocenters. The molecule has 1 aliphatic carbocycles. The number of likely N-dealkylation sites (tertiary alicyclic amines) is 1. The Hall–Kier alpha value is -3.71. The number of aryl methyl sites for hydroxylation is 2. The first-order chi connectivity index (χ1) is 19.1. The summed E-state index contributed by atoms with van der Waals surface area (Å²) in [5.74, 6) is -0.993. The van der Waals surface area contributed by atoms with Gasteiger partial charge in [-0.1, -0.05) is 48.5 Å². The van der Waals surface area contributed by atoms with Crippen molar-refractivity contribution in [2.24, 2.45) is 0 Å². The fourth-order valence-corrected chi connectivity index (χ4v) is 5.75. The van der Waals surface area contributed by atoms with Gasteiger partial charge in [-0.05, 0) is 101 Å². The van der Waals surface area contributed by atoms with Crippen LogP contribution in [-0.4, -0.2) is 42.3 Å². The second-order valence-electron chi connectivity index (χ2n) is 10.6. The lowest BCUT2D eigenvalue weighted by atomic mass is 9.86. The van der Waals surface area contributed by atoms with Crippen LogP contribution >= 0.6 is 0 Å². The summed E-state index contributed by atoms with van der Waals surface area (Å²) in [5.41, 5.74) is 7.45. The van der Waals surface area contributed by atoms with Gasteiger partial charge in [0.1, 0.15) is 0 Å².